The molecule has 3 unspecified atom stereocenters. The molecule has 68 heavy (non-hydrogen) atoms. The van der Waals surface area contributed by atoms with Crippen molar-refractivity contribution < 1.29 is 32.9 Å². The summed E-state index contributed by atoms with van der Waals surface area (Å²) >= 11 is 0. The number of nitrogens with zero attached hydrogens (tertiary/aromatic N) is 1. The highest BCUT2D eigenvalue weighted by Gasteiger charge is 2.23. The maximum absolute atomic E-state index is 12.9. The fourth-order valence-corrected chi connectivity index (χ4v) is 9.16. The van der Waals surface area contributed by atoms with Crippen LogP contribution in [0.5, 0.6) is 0 Å². The molecule has 0 aliphatic rings. The number of hydrogen-bond acceptors (Lipinski definition) is 6. The van der Waals surface area contributed by atoms with E-state index < -0.39 is 26.6 Å². The van der Waals surface area contributed by atoms with Gasteiger partial charge in [-0.1, -0.05) is 249 Å². The number of hydrogen-bond donors (Lipinski definition) is 2. The zero-order valence-electron chi connectivity index (χ0n) is 45.6. The number of aliphatic hydroxyl groups is 1. The molecule has 0 bridgehead atoms. The van der Waals surface area contributed by atoms with Crippen LogP contribution in [0.4, 0.5) is 0 Å². The van der Waals surface area contributed by atoms with Crippen molar-refractivity contribution in [3.63, 3.8) is 0 Å². The maximum atomic E-state index is 12.9. The van der Waals surface area contributed by atoms with Crippen LogP contribution in [0.15, 0.2) is 48.6 Å². The van der Waals surface area contributed by atoms with E-state index in [1.807, 2.05) is 27.2 Å². The molecule has 8 nitrogen and oxygen atoms in total. The van der Waals surface area contributed by atoms with Crippen molar-refractivity contribution >= 4 is 13.7 Å². The molecule has 0 radical (unpaired) electrons. The fourth-order valence-electron chi connectivity index (χ4n) is 8.44. The van der Waals surface area contributed by atoms with E-state index in [1.54, 1.807) is 6.08 Å². The molecule has 0 aromatic rings. The summed E-state index contributed by atoms with van der Waals surface area (Å²) in [6.45, 7) is 4.63. The first-order valence-electron chi connectivity index (χ1n) is 29.0. The molecule has 9 heteroatoms. The Morgan fingerprint density at radius 1 is 0.515 bits per heavy atom. The topological polar surface area (TPSA) is 108 Å². The van der Waals surface area contributed by atoms with Gasteiger partial charge in [-0.2, -0.15) is 0 Å². The number of amides is 1. The first kappa shape index (κ1) is 66.5. The molecule has 0 aromatic heterocycles. The number of aliphatic hydroxyl groups excluding tert-OH is 1. The molecule has 0 aliphatic carbocycles. The maximum Gasteiger partial charge on any atom is 0.268 e. The summed E-state index contributed by atoms with van der Waals surface area (Å²) in [6, 6.07) is -0.909. The Kier molecular flexibility index (Phi) is 49.3. The largest absolute Gasteiger partial charge is 0.756 e. The molecule has 0 fully saturated rings. The Morgan fingerprint density at radius 3 is 1.29 bits per heavy atom. The van der Waals surface area contributed by atoms with Crippen LogP contribution in [-0.4, -0.2) is 68.5 Å². The Balaban J connectivity index is 4.23. The zero-order chi connectivity index (χ0) is 49.9. The van der Waals surface area contributed by atoms with E-state index in [0.29, 0.717) is 17.4 Å². The van der Waals surface area contributed by atoms with E-state index in [0.717, 1.165) is 57.8 Å². The fraction of sp³-hybridized carbons (Fsp3) is 0.847. The van der Waals surface area contributed by atoms with E-state index in [9.17, 15) is 19.4 Å². The minimum absolute atomic E-state index is 0.00880. The SMILES string of the molecule is CCCCCC/C=C\C/C=C\CCCCCCCCCC(=O)NC(COP(=O)([O-])OCC[N+](C)(C)C)C(O)/C=C/CC/C=C/CCCCCCCCCCCCCCCCCCCCCCCC. The summed E-state index contributed by atoms with van der Waals surface area (Å²) in [6.07, 6.45) is 66.3. The number of rotatable bonds is 53. The monoisotopic (exact) mass is 977 g/mol. The third-order valence-corrected chi connectivity index (χ3v) is 14.0. The van der Waals surface area contributed by atoms with Gasteiger partial charge in [0.15, 0.2) is 0 Å². The summed E-state index contributed by atoms with van der Waals surface area (Å²) in [5.41, 5.74) is 0. The summed E-state index contributed by atoms with van der Waals surface area (Å²) in [4.78, 5) is 25.5. The van der Waals surface area contributed by atoms with Crippen molar-refractivity contribution in [1.29, 1.82) is 0 Å². The van der Waals surface area contributed by atoms with Crippen molar-refractivity contribution in [2.75, 3.05) is 40.9 Å². The van der Waals surface area contributed by atoms with Gasteiger partial charge in [0.05, 0.1) is 39.9 Å². The lowest BCUT2D eigenvalue weighted by Gasteiger charge is -2.29. The molecular weight excluding hydrogens is 864 g/mol. The van der Waals surface area contributed by atoms with E-state index in [-0.39, 0.29) is 12.5 Å². The van der Waals surface area contributed by atoms with Gasteiger partial charge in [-0.05, 0) is 64.2 Å². The number of carbonyl (C=O) groups excluding carboxylic acids is 1. The van der Waals surface area contributed by atoms with Gasteiger partial charge in [-0.25, -0.2) is 0 Å². The first-order chi connectivity index (χ1) is 33.0. The van der Waals surface area contributed by atoms with Gasteiger partial charge >= 0.3 is 0 Å². The van der Waals surface area contributed by atoms with Gasteiger partial charge in [0.1, 0.15) is 13.2 Å². The smallest absolute Gasteiger partial charge is 0.268 e. The summed E-state index contributed by atoms with van der Waals surface area (Å²) in [7, 11) is 1.24. The summed E-state index contributed by atoms with van der Waals surface area (Å²) < 4.78 is 23.3. The Labute approximate surface area is 422 Å². The minimum atomic E-state index is -4.61. The minimum Gasteiger partial charge on any atom is -0.756 e. The van der Waals surface area contributed by atoms with Crippen LogP contribution >= 0.6 is 7.82 Å². The van der Waals surface area contributed by atoms with Crippen LogP contribution in [0, 0.1) is 0 Å². The van der Waals surface area contributed by atoms with Gasteiger partial charge < -0.3 is 28.8 Å². The quantitative estimate of drug-likeness (QED) is 0.0272. The van der Waals surface area contributed by atoms with E-state index in [4.69, 9.17) is 9.05 Å². The number of phosphoric ester groups is 1. The molecule has 400 valence electrons. The molecule has 3 atom stereocenters. The molecular formula is C59H113N2O6P. The highest BCUT2D eigenvalue weighted by Crippen LogP contribution is 2.38. The van der Waals surface area contributed by atoms with Crippen LogP contribution in [0.1, 0.15) is 271 Å². The molecule has 2 N–H and O–H groups in total. The Bertz CT molecular complexity index is 1250. The second-order valence-corrected chi connectivity index (χ2v) is 22.4. The second-order valence-electron chi connectivity index (χ2n) is 21.0. The average molecular weight is 978 g/mol. The van der Waals surface area contributed by atoms with Crippen molar-refractivity contribution in [3.05, 3.63) is 48.6 Å². The highest BCUT2D eigenvalue weighted by atomic mass is 31.2. The van der Waals surface area contributed by atoms with E-state index in [1.165, 1.54) is 193 Å². The number of carbonyl (C=O) groups is 1. The number of phosphoric acid groups is 1. The number of nitrogens with one attached hydrogen (secondary N) is 1. The van der Waals surface area contributed by atoms with Gasteiger partial charge in [0, 0.05) is 6.42 Å². The van der Waals surface area contributed by atoms with Crippen molar-refractivity contribution in [2.24, 2.45) is 0 Å². The lowest BCUT2D eigenvalue weighted by Crippen LogP contribution is -2.45. The summed E-state index contributed by atoms with van der Waals surface area (Å²) in [5, 5.41) is 13.9. The van der Waals surface area contributed by atoms with Crippen molar-refractivity contribution in [3.8, 4) is 0 Å². The number of likely N-dealkylation sites (N-methyl/N-ethyl adjacent to an activating group) is 1. The number of allylic oxidation sites excluding steroid dienone is 7. The molecule has 0 saturated carbocycles. The lowest BCUT2D eigenvalue weighted by molar-refractivity contribution is -0.870. The van der Waals surface area contributed by atoms with Crippen LogP contribution in [0.3, 0.4) is 0 Å². The molecule has 0 saturated heterocycles. The van der Waals surface area contributed by atoms with Crippen LogP contribution < -0.4 is 10.2 Å². The summed E-state index contributed by atoms with van der Waals surface area (Å²) in [5.74, 6) is -0.214. The molecule has 0 rings (SSSR count). The van der Waals surface area contributed by atoms with Gasteiger partial charge in [0.25, 0.3) is 7.82 Å². The molecule has 0 heterocycles. The van der Waals surface area contributed by atoms with Crippen molar-refractivity contribution in [1.82, 2.24) is 5.32 Å². The van der Waals surface area contributed by atoms with E-state index >= 15 is 0 Å². The van der Waals surface area contributed by atoms with E-state index in [2.05, 4.69) is 55.6 Å². The molecule has 0 aliphatic heterocycles. The predicted octanol–water partition coefficient (Wildman–Crippen LogP) is 16.9. The van der Waals surface area contributed by atoms with Crippen molar-refractivity contribution in [2.45, 2.75) is 283 Å². The third kappa shape index (κ3) is 52.3. The molecule has 0 aromatic carbocycles. The van der Waals surface area contributed by atoms with Crippen LogP contribution in [-0.2, 0) is 18.4 Å². The molecule has 1 amide bonds. The Morgan fingerprint density at radius 2 is 0.868 bits per heavy atom. The van der Waals surface area contributed by atoms with Crippen LogP contribution in [0.2, 0.25) is 0 Å². The van der Waals surface area contributed by atoms with Crippen LogP contribution in [0.25, 0.3) is 0 Å². The lowest BCUT2D eigenvalue weighted by atomic mass is 10.0. The van der Waals surface area contributed by atoms with Gasteiger partial charge in [0.2, 0.25) is 5.91 Å². The van der Waals surface area contributed by atoms with Gasteiger partial charge in [-0.15, -0.1) is 0 Å². The first-order valence-corrected chi connectivity index (χ1v) is 30.5. The average Bonchev–Trinajstić information content (AvgIpc) is 3.30. The zero-order valence-corrected chi connectivity index (χ0v) is 46.5. The molecule has 0 spiro atoms. The number of quaternary nitrogens is 1. The predicted molar refractivity (Wildman–Crippen MR) is 293 cm³/mol. The third-order valence-electron chi connectivity index (χ3n) is 13.0. The normalized spacial score (nSPS) is 14.3. The Hall–Kier alpha value is -1.54. The second kappa shape index (κ2) is 50.4. The van der Waals surface area contributed by atoms with Gasteiger partial charge in [-0.3, -0.25) is 9.36 Å². The number of unbranched alkanes of at least 4 members (excludes halogenated alkanes) is 34. The highest BCUT2D eigenvalue weighted by molar-refractivity contribution is 7.45. The standard InChI is InChI=1S/C59H113N2O6P/c1-6-8-10-12-14-16-18-20-22-24-26-27-28-29-30-31-32-33-34-35-36-38-40-42-44-46-48-50-52-58(62)57(56-67-68(64,65)66-55-54-61(3,4)5)60-59(63)53-51-49-47-45-43-41-39-37-25-23-21-19-17-15-13-11-9-7-2/h17,19,23,25,42,44,50,52,57-58,62H,6-16,18,20-22,24,26-41,43,45-49,51,53-56H2,1-5H3,(H-,60,63,64,65)/b19-17-,25-23-,44-42+,52-50+.